The fraction of sp³-hybridized carbons (Fsp3) is 0.500. The van der Waals surface area contributed by atoms with Gasteiger partial charge in [-0.15, -0.1) is 0 Å². The van der Waals surface area contributed by atoms with Gasteiger partial charge in [-0.05, 0) is 31.5 Å². The third-order valence-corrected chi connectivity index (χ3v) is 4.93. The first kappa shape index (κ1) is 15.5. The molecule has 0 bridgehead atoms. The van der Waals surface area contributed by atoms with Gasteiger partial charge < -0.3 is 23.5 Å². The molecular weight excluding hydrogens is 310 g/mol. The molecule has 6 nitrogen and oxygen atoms in total. The summed E-state index contributed by atoms with van der Waals surface area (Å²) in [6.45, 7) is 4.24. The number of hydrogen-bond acceptors (Lipinski definition) is 5. The maximum Gasteiger partial charge on any atom is 0.290 e. The molecule has 0 N–H and O–H groups in total. The summed E-state index contributed by atoms with van der Waals surface area (Å²) in [5.41, 5.74) is 1.55. The van der Waals surface area contributed by atoms with E-state index in [0.29, 0.717) is 37.7 Å². The molecule has 0 spiro atoms. The van der Waals surface area contributed by atoms with Gasteiger partial charge in [-0.1, -0.05) is 0 Å². The summed E-state index contributed by atoms with van der Waals surface area (Å²) in [5, 5.41) is 0.912. The van der Waals surface area contributed by atoms with Crippen LogP contribution in [0.5, 0.6) is 5.75 Å². The van der Waals surface area contributed by atoms with Gasteiger partial charge in [-0.3, -0.25) is 4.79 Å². The maximum absolute atomic E-state index is 13.1. The van der Waals surface area contributed by atoms with Crippen molar-refractivity contribution in [3.05, 3.63) is 29.5 Å². The van der Waals surface area contributed by atoms with Crippen LogP contribution in [0.2, 0.25) is 0 Å². The Morgan fingerprint density at radius 2 is 2.21 bits per heavy atom. The number of benzene rings is 1. The molecule has 0 aliphatic carbocycles. The van der Waals surface area contributed by atoms with Crippen molar-refractivity contribution in [3.63, 3.8) is 0 Å². The fourth-order valence-electron chi connectivity index (χ4n) is 3.60. The third kappa shape index (κ3) is 2.46. The molecule has 2 saturated heterocycles. The molecule has 128 valence electrons. The second-order valence-corrected chi connectivity index (χ2v) is 6.26. The molecule has 0 saturated carbocycles. The smallest absolute Gasteiger partial charge is 0.290 e. The van der Waals surface area contributed by atoms with Crippen LogP contribution in [-0.4, -0.2) is 56.4 Å². The summed E-state index contributed by atoms with van der Waals surface area (Å²) in [7, 11) is 1.63. The third-order valence-electron chi connectivity index (χ3n) is 4.93. The number of fused-ring (bicyclic) bond motifs is 2. The normalized spacial score (nSPS) is 24.0. The molecule has 6 heteroatoms. The van der Waals surface area contributed by atoms with Crippen molar-refractivity contribution in [2.24, 2.45) is 0 Å². The molecule has 1 aromatic heterocycles. The van der Waals surface area contributed by atoms with Gasteiger partial charge in [0.2, 0.25) is 0 Å². The Balaban J connectivity index is 1.68. The number of carbonyl (C=O) groups is 1. The van der Waals surface area contributed by atoms with Crippen LogP contribution in [0.1, 0.15) is 22.5 Å². The van der Waals surface area contributed by atoms with Crippen LogP contribution in [0.25, 0.3) is 11.0 Å². The topological polar surface area (TPSA) is 61.1 Å². The van der Waals surface area contributed by atoms with E-state index in [1.54, 1.807) is 7.11 Å². The average molecular weight is 331 g/mol. The number of ether oxygens (including phenoxy) is 3. The van der Waals surface area contributed by atoms with Gasteiger partial charge in [-0.25, -0.2) is 0 Å². The first-order valence-corrected chi connectivity index (χ1v) is 8.26. The van der Waals surface area contributed by atoms with Gasteiger partial charge in [0.15, 0.2) is 5.76 Å². The Hall–Kier alpha value is -2.05. The quantitative estimate of drug-likeness (QED) is 0.845. The molecule has 2 aliphatic heterocycles. The Labute approximate surface area is 140 Å². The molecule has 4 rings (SSSR count). The molecule has 2 aliphatic rings. The summed E-state index contributed by atoms with van der Waals surface area (Å²) in [6.07, 6.45) is 0.755. The zero-order valence-electron chi connectivity index (χ0n) is 13.9. The summed E-state index contributed by atoms with van der Waals surface area (Å²) in [4.78, 5) is 15.0. The summed E-state index contributed by atoms with van der Waals surface area (Å²) in [5.74, 6) is 1.09. The van der Waals surface area contributed by atoms with E-state index in [1.807, 2.05) is 30.0 Å². The van der Waals surface area contributed by atoms with Crippen LogP contribution >= 0.6 is 0 Å². The molecule has 1 aromatic carbocycles. The number of aryl methyl sites for hydroxylation is 1. The second kappa shape index (κ2) is 6.11. The fourth-order valence-corrected chi connectivity index (χ4v) is 3.60. The number of hydrogen-bond donors (Lipinski definition) is 0. The van der Waals surface area contributed by atoms with E-state index in [2.05, 4.69) is 0 Å². The predicted molar refractivity (Wildman–Crippen MR) is 87.5 cm³/mol. The molecule has 1 amide bonds. The van der Waals surface area contributed by atoms with E-state index in [-0.39, 0.29) is 18.1 Å². The van der Waals surface area contributed by atoms with Gasteiger partial charge in [0.1, 0.15) is 17.4 Å². The zero-order chi connectivity index (χ0) is 16.7. The lowest BCUT2D eigenvalue weighted by atomic mass is 10.0. The minimum absolute atomic E-state index is 0.0405. The van der Waals surface area contributed by atoms with Gasteiger partial charge in [-0.2, -0.15) is 0 Å². The molecule has 0 radical (unpaired) electrons. The standard InChI is InChI=1S/C18H21NO5/c1-11-13-9-12(21-2)3-4-15(13)24-17(11)18(20)19-6-8-23-16-10-22-7-5-14(16)19/h3-4,9,14,16H,5-8,10H2,1-2H3/t14-,16+/m0/s1. The monoisotopic (exact) mass is 331 g/mol. The molecular formula is C18H21NO5. The van der Waals surface area contributed by atoms with Crippen molar-refractivity contribution in [2.75, 3.05) is 33.5 Å². The highest BCUT2D eigenvalue weighted by Crippen LogP contribution is 2.31. The minimum Gasteiger partial charge on any atom is -0.497 e. The molecule has 24 heavy (non-hydrogen) atoms. The Morgan fingerprint density at radius 3 is 3.04 bits per heavy atom. The molecule has 3 heterocycles. The SMILES string of the molecule is COc1ccc2oc(C(=O)N3CCO[C@@H]4COCC[C@@H]43)c(C)c2c1. The highest BCUT2D eigenvalue weighted by Gasteiger charge is 2.39. The molecule has 2 atom stereocenters. The number of furan rings is 1. The lowest BCUT2D eigenvalue weighted by Gasteiger charge is -2.43. The van der Waals surface area contributed by atoms with Gasteiger partial charge in [0.25, 0.3) is 5.91 Å². The first-order chi connectivity index (χ1) is 11.7. The lowest BCUT2D eigenvalue weighted by molar-refractivity contribution is -0.124. The van der Waals surface area contributed by atoms with Crippen LogP contribution < -0.4 is 4.74 Å². The van der Waals surface area contributed by atoms with Crippen LogP contribution in [0.15, 0.2) is 22.6 Å². The minimum atomic E-state index is -0.0668. The Kier molecular flexibility index (Phi) is 3.94. The van der Waals surface area contributed by atoms with Crippen LogP contribution in [0.3, 0.4) is 0 Å². The van der Waals surface area contributed by atoms with Gasteiger partial charge >= 0.3 is 0 Å². The van der Waals surface area contributed by atoms with E-state index >= 15 is 0 Å². The van der Waals surface area contributed by atoms with Crippen molar-refractivity contribution in [1.29, 1.82) is 0 Å². The number of amides is 1. The average Bonchev–Trinajstić information content (AvgIpc) is 2.96. The van der Waals surface area contributed by atoms with Crippen molar-refractivity contribution < 1.29 is 23.4 Å². The van der Waals surface area contributed by atoms with Crippen molar-refractivity contribution in [1.82, 2.24) is 4.90 Å². The lowest BCUT2D eigenvalue weighted by Crippen LogP contribution is -2.57. The van der Waals surface area contributed by atoms with E-state index in [1.165, 1.54) is 0 Å². The Bertz CT molecular complexity index is 766. The number of rotatable bonds is 2. The van der Waals surface area contributed by atoms with E-state index in [4.69, 9.17) is 18.6 Å². The van der Waals surface area contributed by atoms with E-state index in [9.17, 15) is 4.79 Å². The number of nitrogens with zero attached hydrogens (tertiary/aromatic N) is 1. The largest absolute Gasteiger partial charge is 0.497 e. The maximum atomic E-state index is 13.1. The summed E-state index contributed by atoms with van der Waals surface area (Å²) in [6, 6.07) is 5.64. The van der Waals surface area contributed by atoms with Crippen LogP contribution in [0.4, 0.5) is 0 Å². The molecule has 2 aromatic rings. The highest BCUT2D eigenvalue weighted by atomic mass is 16.5. The van der Waals surface area contributed by atoms with Crippen molar-refractivity contribution in [3.8, 4) is 5.75 Å². The summed E-state index contributed by atoms with van der Waals surface area (Å²) < 4.78 is 22.4. The van der Waals surface area contributed by atoms with Gasteiger partial charge in [0, 0.05) is 24.1 Å². The number of carbonyl (C=O) groups excluding carboxylic acids is 1. The highest BCUT2D eigenvalue weighted by molar-refractivity contribution is 5.99. The summed E-state index contributed by atoms with van der Waals surface area (Å²) >= 11 is 0. The van der Waals surface area contributed by atoms with Crippen molar-refractivity contribution >= 4 is 16.9 Å². The molecule has 2 fully saturated rings. The Morgan fingerprint density at radius 1 is 1.33 bits per heavy atom. The van der Waals surface area contributed by atoms with Crippen LogP contribution in [-0.2, 0) is 9.47 Å². The van der Waals surface area contributed by atoms with Crippen molar-refractivity contribution in [2.45, 2.75) is 25.5 Å². The van der Waals surface area contributed by atoms with Gasteiger partial charge in [0.05, 0.1) is 26.4 Å². The number of morpholine rings is 1. The molecule has 0 unspecified atom stereocenters. The second-order valence-electron chi connectivity index (χ2n) is 6.26. The first-order valence-electron chi connectivity index (χ1n) is 8.26. The predicted octanol–water partition coefficient (Wildman–Crippen LogP) is 2.38. The zero-order valence-corrected chi connectivity index (χ0v) is 13.9. The number of methoxy groups -OCH3 is 1. The van der Waals surface area contributed by atoms with E-state index < -0.39 is 0 Å². The van der Waals surface area contributed by atoms with Crippen LogP contribution in [0, 0.1) is 6.92 Å². The van der Waals surface area contributed by atoms with E-state index in [0.717, 1.165) is 23.1 Å².